The molecule has 2 nitrogen and oxygen atoms in total. The lowest BCUT2D eigenvalue weighted by Crippen LogP contribution is -2.37. The van der Waals surface area contributed by atoms with Gasteiger partial charge in [-0.2, -0.15) is 11.8 Å². The van der Waals surface area contributed by atoms with E-state index >= 15 is 0 Å². The first-order chi connectivity index (χ1) is 8.11. The molecule has 1 saturated heterocycles. The number of nitrogens with two attached hydrogens (primary N) is 1. The summed E-state index contributed by atoms with van der Waals surface area (Å²) in [4.78, 5) is 1.78. The van der Waals surface area contributed by atoms with Crippen molar-refractivity contribution >= 4 is 17.4 Å². The van der Waals surface area contributed by atoms with Crippen molar-refractivity contribution in [2.24, 2.45) is 5.73 Å². The van der Waals surface area contributed by atoms with Gasteiger partial charge in [0.25, 0.3) is 0 Å². The highest BCUT2D eigenvalue weighted by molar-refractivity contribution is 8.00. The molecule has 5 heteroatoms. The molecule has 94 valence electrons. The highest BCUT2D eigenvalue weighted by Gasteiger charge is 2.23. The second-order valence-corrected chi connectivity index (χ2v) is 5.79. The monoisotopic (exact) mass is 258 g/mol. The van der Waals surface area contributed by atoms with Gasteiger partial charge in [0, 0.05) is 30.6 Å². The molecule has 1 aromatic rings. The van der Waals surface area contributed by atoms with Crippen molar-refractivity contribution in [2.45, 2.75) is 18.7 Å². The van der Waals surface area contributed by atoms with Crippen molar-refractivity contribution in [3.63, 3.8) is 0 Å². The van der Waals surface area contributed by atoms with Crippen LogP contribution in [0, 0.1) is 11.6 Å². The maximum atomic E-state index is 13.9. The zero-order chi connectivity index (χ0) is 12.4. The molecule has 1 aliphatic heterocycles. The number of thioether (sulfide) groups is 1. The van der Waals surface area contributed by atoms with Crippen LogP contribution in [0.2, 0.25) is 0 Å². The molecule has 2 rings (SSSR count). The van der Waals surface area contributed by atoms with Gasteiger partial charge in [0.05, 0.1) is 0 Å². The lowest BCUT2D eigenvalue weighted by atomic mass is 10.1. The molecule has 1 aromatic carbocycles. The minimum atomic E-state index is -0.510. The zero-order valence-corrected chi connectivity index (χ0v) is 10.6. The number of halogens is 2. The van der Waals surface area contributed by atoms with Crippen LogP contribution in [-0.4, -0.2) is 24.1 Å². The van der Waals surface area contributed by atoms with E-state index in [9.17, 15) is 8.78 Å². The van der Waals surface area contributed by atoms with Gasteiger partial charge in [0.2, 0.25) is 0 Å². The van der Waals surface area contributed by atoms with Crippen molar-refractivity contribution in [2.75, 3.05) is 23.7 Å². The first kappa shape index (κ1) is 12.6. The summed E-state index contributed by atoms with van der Waals surface area (Å²) in [6.45, 7) is 3.59. The predicted molar refractivity (Wildman–Crippen MR) is 68.4 cm³/mol. The molecule has 1 heterocycles. The zero-order valence-electron chi connectivity index (χ0n) is 9.75. The van der Waals surface area contributed by atoms with E-state index in [0.717, 1.165) is 5.75 Å². The Balaban J connectivity index is 2.31. The Morgan fingerprint density at radius 1 is 1.41 bits per heavy atom. The fraction of sp³-hybridized carbons (Fsp3) is 0.500. The van der Waals surface area contributed by atoms with Gasteiger partial charge in [-0.1, -0.05) is 6.92 Å². The third-order valence-corrected chi connectivity index (χ3v) is 4.01. The Morgan fingerprint density at radius 3 is 2.59 bits per heavy atom. The largest absolute Gasteiger partial charge is 0.365 e. The number of hydrogen-bond acceptors (Lipinski definition) is 3. The van der Waals surface area contributed by atoms with Crippen LogP contribution in [0.15, 0.2) is 12.1 Å². The first-order valence-corrected chi connectivity index (χ1v) is 6.71. The SMILES string of the molecule is CC1CN(c2c(F)cc(CN)cc2F)CCS1. The quantitative estimate of drug-likeness (QED) is 0.883. The minimum absolute atomic E-state index is 0.0920. The summed E-state index contributed by atoms with van der Waals surface area (Å²) in [6.07, 6.45) is 0. The summed E-state index contributed by atoms with van der Waals surface area (Å²) in [5.74, 6) is -0.118. The minimum Gasteiger partial charge on any atom is -0.365 e. The molecular weight excluding hydrogens is 242 g/mol. The predicted octanol–water partition coefficient (Wildman–Crippen LogP) is 2.37. The van der Waals surface area contributed by atoms with E-state index in [-0.39, 0.29) is 12.2 Å². The van der Waals surface area contributed by atoms with Crippen LogP contribution in [0.3, 0.4) is 0 Å². The molecular formula is C12H16F2N2S. The number of hydrogen-bond donors (Lipinski definition) is 1. The van der Waals surface area contributed by atoms with Gasteiger partial charge in [-0.15, -0.1) is 0 Å². The molecule has 1 fully saturated rings. The van der Waals surface area contributed by atoms with Gasteiger partial charge in [-0.3, -0.25) is 0 Å². The Hall–Kier alpha value is -0.810. The van der Waals surface area contributed by atoms with Crippen LogP contribution in [0.4, 0.5) is 14.5 Å². The van der Waals surface area contributed by atoms with Crippen LogP contribution in [0.1, 0.15) is 12.5 Å². The molecule has 1 unspecified atom stereocenters. The van der Waals surface area contributed by atoms with Gasteiger partial charge in [-0.25, -0.2) is 8.78 Å². The van der Waals surface area contributed by atoms with Crippen molar-refractivity contribution in [3.8, 4) is 0 Å². The van der Waals surface area contributed by atoms with Crippen LogP contribution >= 0.6 is 11.8 Å². The van der Waals surface area contributed by atoms with Crippen LogP contribution in [-0.2, 0) is 6.54 Å². The van der Waals surface area contributed by atoms with Gasteiger partial charge in [-0.05, 0) is 17.7 Å². The molecule has 0 bridgehead atoms. The molecule has 1 aliphatic rings. The normalized spacial score (nSPS) is 20.7. The molecule has 1 atom stereocenters. The molecule has 17 heavy (non-hydrogen) atoms. The van der Waals surface area contributed by atoms with Gasteiger partial charge in [0.1, 0.15) is 17.3 Å². The lowest BCUT2D eigenvalue weighted by molar-refractivity contribution is 0.567. The lowest BCUT2D eigenvalue weighted by Gasteiger charge is -2.32. The first-order valence-electron chi connectivity index (χ1n) is 5.66. The van der Waals surface area contributed by atoms with Crippen LogP contribution in [0.5, 0.6) is 0 Å². The Labute approximate surface area is 104 Å². The van der Waals surface area contributed by atoms with E-state index in [1.165, 1.54) is 12.1 Å². The molecule has 2 N–H and O–H groups in total. The Morgan fingerprint density at radius 2 is 2.06 bits per heavy atom. The molecule has 0 saturated carbocycles. The number of benzene rings is 1. The van der Waals surface area contributed by atoms with Crippen LogP contribution in [0.25, 0.3) is 0 Å². The maximum Gasteiger partial charge on any atom is 0.149 e. The third-order valence-electron chi connectivity index (χ3n) is 2.87. The van der Waals surface area contributed by atoms with Gasteiger partial charge >= 0.3 is 0 Å². The van der Waals surface area contributed by atoms with Gasteiger partial charge < -0.3 is 10.6 Å². The summed E-state index contributed by atoms with van der Waals surface area (Å²) < 4.78 is 27.7. The van der Waals surface area contributed by atoms with Crippen LogP contribution < -0.4 is 10.6 Å². The summed E-state index contributed by atoms with van der Waals surface area (Å²) in [5, 5.41) is 0.400. The van der Waals surface area contributed by atoms with E-state index in [1.807, 2.05) is 11.8 Å². The van der Waals surface area contributed by atoms with E-state index in [0.29, 0.717) is 23.9 Å². The fourth-order valence-electron chi connectivity index (χ4n) is 2.06. The smallest absolute Gasteiger partial charge is 0.149 e. The third kappa shape index (κ3) is 2.72. The second kappa shape index (κ2) is 5.23. The molecule has 0 spiro atoms. The topological polar surface area (TPSA) is 29.3 Å². The molecule has 0 aliphatic carbocycles. The molecule has 0 radical (unpaired) electrons. The number of nitrogens with zero attached hydrogens (tertiary/aromatic N) is 1. The summed E-state index contributed by atoms with van der Waals surface area (Å²) in [7, 11) is 0. The second-order valence-electron chi connectivity index (χ2n) is 4.24. The average molecular weight is 258 g/mol. The standard InChI is InChI=1S/C12H16F2N2S/c1-8-7-16(2-3-17-8)12-10(13)4-9(6-15)5-11(12)14/h4-5,8H,2-3,6-7,15H2,1H3. The van der Waals surface area contributed by atoms with Crippen molar-refractivity contribution in [1.29, 1.82) is 0 Å². The van der Waals surface area contributed by atoms with E-state index in [1.54, 1.807) is 4.90 Å². The maximum absolute atomic E-state index is 13.9. The highest BCUT2D eigenvalue weighted by atomic mass is 32.2. The molecule has 0 aromatic heterocycles. The fourth-order valence-corrected chi connectivity index (χ4v) is 3.07. The summed E-state index contributed by atoms with van der Waals surface area (Å²) in [6, 6.07) is 2.65. The van der Waals surface area contributed by atoms with Gasteiger partial charge in [0.15, 0.2) is 0 Å². The molecule has 0 amide bonds. The Kier molecular flexibility index (Phi) is 3.89. The summed E-state index contributed by atoms with van der Waals surface area (Å²) >= 11 is 1.83. The Bertz CT molecular complexity index is 388. The highest BCUT2D eigenvalue weighted by Crippen LogP contribution is 2.29. The number of anilines is 1. The van der Waals surface area contributed by atoms with Crippen molar-refractivity contribution in [3.05, 3.63) is 29.3 Å². The van der Waals surface area contributed by atoms with Crippen molar-refractivity contribution in [1.82, 2.24) is 0 Å². The van der Waals surface area contributed by atoms with E-state index in [4.69, 9.17) is 5.73 Å². The summed E-state index contributed by atoms with van der Waals surface area (Å²) in [5.41, 5.74) is 5.97. The van der Waals surface area contributed by atoms with Crippen molar-refractivity contribution < 1.29 is 8.78 Å². The van der Waals surface area contributed by atoms with E-state index in [2.05, 4.69) is 6.92 Å². The average Bonchev–Trinajstić information content (AvgIpc) is 2.28. The van der Waals surface area contributed by atoms with E-state index < -0.39 is 11.6 Å². The number of rotatable bonds is 2.